The molecule has 0 spiro atoms. The molecule has 1 aliphatic heterocycles. The molecule has 1 aliphatic rings. The summed E-state index contributed by atoms with van der Waals surface area (Å²) in [6.45, 7) is 6.03. The van der Waals surface area contributed by atoms with Crippen molar-refractivity contribution in [3.05, 3.63) is 24.2 Å². The van der Waals surface area contributed by atoms with Gasteiger partial charge in [0.2, 0.25) is 11.9 Å². The third-order valence-corrected chi connectivity index (χ3v) is 4.95. The van der Waals surface area contributed by atoms with Gasteiger partial charge in [-0.25, -0.2) is 4.79 Å². The van der Waals surface area contributed by atoms with Crippen molar-refractivity contribution in [2.75, 3.05) is 23.7 Å². The highest BCUT2D eigenvalue weighted by Crippen LogP contribution is 2.25. The Morgan fingerprint density at radius 2 is 2.07 bits per heavy atom. The van der Waals surface area contributed by atoms with E-state index in [0.29, 0.717) is 11.7 Å². The molecule has 0 atom stereocenters. The Balaban J connectivity index is 1.67. The average Bonchev–Trinajstić information content (AvgIpc) is 3.35. The van der Waals surface area contributed by atoms with Gasteiger partial charge in [-0.3, -0.25) is 14.7 Å². The maximum absolute atomic E-state index is 12.0. The molecule has 9 nitrogen and oxygen atoms in total. The first-order valence-corrected chi connectivity index (χ1v) is 9.95. The van der Waals surface area contributed by atoms with Gasteiger partial charge in [0, 0.05) is 19.1 Å². The quantitative estimate of drug-likeness (QED) is 0.693. The zero-order valence-electron chi connectivity index (χ0n) is 15.5. The molecule has 1 fully saturated rings. The Morgan fingerprint density at radius 3 is 2.74 bits per heavy atom. The van der Waals surface area contributed by atoms with Crippen molar-refractivity contribution in [2.24, 2.45) is 0 Å². The summed E-state index contributed by atoms with van der Waals surface area (Å²) in [7, 11) is 0. The molecule has 0 saturated carbocycles. The molecular formula is C17H24N6O3S. The van der Waals surface area contributed by atoms with Crippen molar-refractivity contribution < 1.29 is 14.0 Å². The van der Waals surface area contributed by atoms with Crippen LogP contribution in [0.15, 0.2) is 28.0 Å². The molecule has 2 aromatic heterocycles. The highest BCUT2D eigenvalue weighted by Gasteiger charge is 2.22. The highest BCUT2D eigenvalue weighted by atomic mass is 32.2. The second-order valence-corrected chi connectivity index (χ2v) is 7.55. The van der Waals surface area contributed by atoms with Crippen LogP contribution < -0.4 is 15.5 Å². The first kappa shape index (κ1) is 19.3. The molecule has 3 heterocycles. The van der Waals surface area contributed by atoms with Crippen LogP contribution in [0, 0.1) is 0 Å². The van der Waals surface area contributed by atoms with Gasteiger partial charge in [0.25, 0.3) is 0 Å². The summed E-state index contributed by atoms with van der Waals surface area (Å²) in [5, 5.41) is 14.1. The van der Waals surface area contributed by atoms with Gasteiger partial charge in [-0.15, -0.1) is 10.2 Å². The number of nitrogens with one attached hydrogen (secondary N) is 2. The van der Waals surface area contributed by atoms with Gasteiger partial charge < -0.3 is 14.6 Å². The normalized spacial score (nSPS) is 14.0. The lowest BCUT2D eigenvalue weighted by Gasteiger charge is -2.17. The maximum Gasteiger partial charge on any atom is 0.321 e. The fraction of sp³-hybridized carbons (Fsp3) is 0.529. The van der Waals surface area contributed by atoms with Crippen LogP contribution in [0.5, 0.6) is 0 Å². The molecular weight excluding hydrogens is 368 g/mol. The predicted octanol–water partition coefficient (Wildman–Crippen LogP) is 1.85. The Hall–Kier alpha value is -2.49. The van der Waals surface area contributed by atoms with Crippen LogP contribution >= 0.6 is 11.8 Å². The number of furan rings is 1. The van der Waals surface area contributed by atoms with E-state index in [2.05, 4.69) is 25.7 Å². The van der Waals surface area contributed by atoms with Crippen molar-refractivity contribution in [3.63, 3.8) is 0 Å². The Morgan fingerprint density at radius 1 is 1.30 bits per heavy atom. The number of carbonyl (C=O) groups is 2. The van der Waals surface area contributed by atoms with Crippen LogP contribution in [0.2, 0.25) is 0 Å². The summed E-state index contributed by atoms with van der Waals surface area (Å²) >= 11 is 1.25. The average molecular weight is 392 g/mol. The van der Waals surface area contributed by atoms with Gasteiger partial charge in [-0.2, -0.15) is 0 Å². The van der Waals surface area contributed by atoms with Gasteiger partial charge in [0.1, 0.15) is 5.76 Å². The third kappa shape index (κ3) is 5.25. The first-order chi connectivity index (χ1) is 13.0. The van der Waals surface area contributed by atoms with E-state index in [-0.39, 0.29) is 17.7 Å². The lowest BCUT2D eigenvalue weighted by molar-refractivity contribution is -0.117. The first-order valence-electron chi connectivity index (χ1n) is 8.96. The third-order valence-electron chi connectivity index (χ3n) is 3.99. The number of rotatable bonds is 7. The summed E-state index contributed by atoms with van der Waals surface area (Å²) in [6.07, 6.45) is 3.88. The fourth-order valence-electron chi connectivity index (χ4n) is 2.83. The minimum absolute atomic E-state index is 0.0372. The molecule has 0 aromatic carbocycles. The molecule has 0 radical (unpaired) electrons. The molecule has 3 rings (SSSR count). The standard InChI is InChI=1S/C17H24N6O3S/c1-12(2)18-15(25)19-14(24)11-27-17-21-20-16(22-7-3-4-8-22)23(17)10-13-6-5-9-26-13/h5-6,9,12H,3-4,7-8,10-11H2,1-2H3,(H2,18,19,24,25). The van der Waals surface area contributed by atoms with Crippen LogP contribution in [0.25, 0.3) is 0 Å². The number of hydrogen-bond acceptors (Lipinski definition) is 7. The number of anilines is 1. The van der Waals surface area contributed by atoms with Crippen LogP contribution in [-0.4, -0.2) is 51.6 Å². The molecule has 10 heteroatoms. The van der Waals surface area contributed by atoms with Crippen LogP contribution in [0.1, 0.15) is 32.4 Å². The number of carbonyl (C=O) groups excluding carboxylic acids is 2. The van der Waals surface area contributed by atoms with E-state index < -0.39 is 6.03 Å². The van der Waals surface area contributed by atoms with E-state index in [9.17, 15) is 9.59 Å². The highest BCUT2D eigenvalue weighted by molar-refractivity contribution is 7.99. The lowest BCUT2D eigenvalue weighted by atomic mass is 10.4. The second-order valence-electron chi connectivity index (χ2n) is 6.61. The molecule has 0 bridgehead atoms. The van der Waals surface area contributed by atoms with E-state index in [4.69, 9.17) is 4.42 Å². The van der Waals surface area contributed by atoms with Crippen LogP contribution in [0.3, 0.4) is 0 Å². The molecule has 0 aliphatic carbocycles. The molecule has 0 unspecified atom stereocenters. The molecule has 146 valence electrons. The molecule has 2 aromatic rings. The number of aromatic nitrogens is 3. The Labute approximate surface area is 161 Å². The summed E-state index contributed by atoms with van der Waals surface area (Å²) < 4.78 is 7.41. The summed E-state index contributed by atoms with van der Waals surface area (Å²) in [5.41, 5.74) is 0. The number of amides is 3. The Bertz CT molecular complexity index is 768. The molecule has 2 N–H and O–H groups in total. The van der Waals surface area contributed by atoms with E-state index in [1.54, 1.807) is 6.26 Å². The number of imide groups is 1. The van der Waals surface area contributed by atoms with E-state index in [0.717, 1.165) is 37.6 Å². The van der Waals surface area contributed by atoms with Crippen LogP contribution in [0.4, 0.5) is 10.7 Å². The number of hydrogen-bond donors (Lipinski definition) is 2. The van der Waals surface area contributed by atoms with Crippen molar-refractivity contribution in [1.82, 2.24) is 25.4 Å². The zero-order valence-corrected chi connectivity index (χ0v) is 16.3. The van der Waals surface area contributed by atoms with Gasteiger partial charge in [0.15, 0.2) is 5.16 Å². The van der Waals surface area contributed by atoms with Crippen LogP contribution in [-0.2, 0) is 11.3 Å². The van der Waals surface area contributed by atoms with Gasteiger partial charge >= 0.3 is 6.03 Å². The SMILES string of the molecule is CC(C)NC(=O)NC(=O)CSc1nnc(N2CCCC2)n1Cc1ccco1. The molecule has 3 amide bonds. The van der Waals surface area contributed by atoms with Crippen molar-refractivity contribution in [2.45, 2.75) is 44.4 Å². The number of nitrogens with zero attached hydrogens (tertiary/aromatic N) is 4. The monoisotopic (exact) mass is 392 g/mol. The van der Waals surface area contributed by atoms with Gasteiger partial charge in [0.05, 0.1) is 18.6 Å². The number of urea groups is 1. The smallest absolute Gasteiger partial charge is 0.321 e. The second kappa shape index (κ2) is 8.94. The molecule has 27 heavy (non-hydrogen) atoms. The summed E-state index contributed by atoms with van der Waals surface area (Å²) in [6, 6.07) is 3.20. The van der Waals surface area contributed by atoms with E-state index in [1.165, 1.54) is 11.8 Å². The van der Waals surface area contributed by atoms with E-state index in [1.807, 2.05) is 30.5 Å². The van der Waals surface area contributed by atoms with E-state index >= 15 is 0 Å². The largest absolute Gasteiger partial charge is 0.467 e. The van der Waals surface area contributed by atoms with Crippen molar-refractivity contribution in [1.29, 1.82) is 0 Å². The topological polar surface area (TPSA) is 105 Å². The van der Waals surface area contributed by atoms with Gasteiger partial charge in [-0.1, -0.05) is 11.8 Å². The Kier molecular flexibility index (Phi) is 6.38. The minimum Gasteiger partial charge on any atom is -0.467 e. The number of thioether (sulfide) groups is 1. The van der Waals surface area contributed by atoms with Crippen molar-refractivity contribution >= 4 is 29.6 Å². The minimum atomic E-state index is -0.495. The zero-order chi connectivity index (χ0) is 19.2. The summed E-state index contributed by atoms with van der Waals surface area (Å²) in [5.74, 6) is 1.26. The lowest BCUT2D eigenvalue weighted by Crippen LogP contribution is -2.43. The summed E-state index contributed by atoms with van der Waals surface area (Å²) in [4.78, 5) is 25.8. The fourth-order valence-corrected chi connectivity index (χ4v) is 3.56. The maximum atomic E-state index is 12.0. The molecule has 1 saturated heterocycles. The van der Waals surface area contributed by atoms with Gasteiger partial charge in [-0.05, 0) is 38.8 Å². The predicted molar refractivity (Wildman–Crippen MR) is 102 cm³/mol. The van der Waals surface area contributed by atoms with Crippen molar-refractivity contribution in [3.8, 4) is 0 Å².